The average Bonchev–Trinajstić information content (AvgIpc) is 2.92. The molecule has 0 unspecified atom stereocenters. The molecule has 0 aliphatic heterocycles. The van der Waals surface area contributed by atoms with Crippen LogP contribution in [-0.2, 0) is 14.4 Å². The summed E-state index contributed by atoms with van der Waals surface area (Å²) in [5, 5.41) is 130. The largest absolute Gasteiger partial charge is 0.394 e. The van der Waals surface area contributed by atoms with Crippen molar-refractivity contribution in [2.24, 2.45) is 0 Å². The van der Waals surface area contributed by atoms with E-state index in [1.54, 1.807) is 0 Å². The maximum Gasteiger partial charge on any atom is 0.189 e. The van der Waals surface area contributed by atoms with Crippen molar-refractivity contribution in [1.82, 2.24) is 0 Å². The van der Waals surface area contributed by atoms with E-state index in [0.717, 1.165) is 0 Å². The van der Waals surface area contributed by atoms with Crippen LogP contribution in [-0.4, -0.2) is 189 Å². The molecule has 0 heterocycles. The van der Waals surface area contributed by atoms with Gasteiger partial charge in [0.15, 0.2) is 18.4 Å². The molecule has 0 fully saturated rings. The van der Waals surface area contributed by atoms with Crippen molar-refractivity contribution in [1.29, 1.82) is 0 Å². The zero-order chi connectivity index (χ0) is 29.2. The number of aliphatic hydroxyl groups is 15. The highest BCUT2D eigenvalue weighted by Gasteiger charge is 2.31. The Bertz CT molecular complexity index is 546. The fourth-order valence-electron chi connectivity index (χ4n) is 1.84. The molecule has 15 N–H and O–H groups in total. The van der Waals surface area contributed by atoms with Gasteiger partial charge in [-0.05, 0) is 0 Å². The summed E-state index contributed by atoms with van der Waals surface area (Å²) in [6.45, 7) is -3.21. The van der Waals surface area contributed by atoms with E-state index in [1.165, 1.54) is 0 Å². The van der Waals surface area contributed by atoms with Crippen LogP contribution in [0.1, 0.15) is 0 Å². The number of aldehydes is 2. The van der Waals surface area contributed by atoms with Crippen LogP contribution < -0.4 is 0 Å². The van der Waals surface area contributed by atoms with Crippen LogP contribution >= 0.6 is 0 Å². The number of aliphatic hydroxyl groups excluding tert-OH is 15. The third-order valence-corrected chi connectivity index (χ3v) is 4.23. The first-order chi connectivity index (χ1) is 16.6. The summed E-state index contributed by atoms with van der Waals surface area (Å²) in [6.07, 6.45) is -18.9. The molecule has 0 aromatic heterocycles. The number of hydrogen-bond donors (Lipinski definition) is 15. The van der Waals surface area contributed by atoms with Crippen molar-refractivity contribution in [2.75, 3.05) is 26.4 Å². The number of carbonyl (C=O) groups is 3. The Balaban J connectivity index is -0.000000454. The second-order valence-corrected chi connectivity index (χ2v) is 7.03. The number of carbonyl (C=O) groups excluding carboxylic acids is 3. The van der Waals surface area contributed by atoms with Crippen LogP contribution in [0.4, 0.5) is 0 Å². The predicted octanol–water partition coefficient (Wildman–Crippen LogP) is -10.1. The SMILES string of the molecule is O=C(CO)[C@@H](O)[C@H](O)[C@H](O)CO.O=C[C@H](O)[C@@H](O)[C@H](O)[C@H](O)CO.O=C[C@H](O)[C@@H](O)[C@H](O)[C@H](O)CO. The van der Waals surface area contributed by atoms with Crippen LogP contribution in [0, 0.1) is 0 Å². The van der Waals surface area contributed by atoms with Gasteiger partial charge in [-0.3, -0.25) is 4.79 Å². The van der Waals surface area contributed by atoms with E-state index in [-0.39, 0.29) is 12.6 Å². The van der Waals surface area contributed by atoms with Gasteiger partial charge in [0.05, 0.1) is 19.8 Å². The molecule has 0 aliphatic carbocycles. The van der Waals surface area contributed by atoms with Gasteiger partial charge in [0.2, 0.25) is 0 Å². The standard InChI is InChI=1S/3C6H12O6/c3*7-1-3(9)5(11)6(12)4(10)2-8/h3,5-9,11-12H,1-2H2;2*1,3-6,8-12H,2H2/t3-,5-,6-;2*3-,4+,5+,6+/m100/s1. The molecule has 36 heavy (non-hydrogen) atoms. The molecule has 0 saturated heterocycles. The molecule has 0 aromatic rings. The molecule has 0 aliphatic rings. The van der Waals surface area contributed by atoms with Crippen molar-refractivity contribution in [3.05, 3.63) is 0 Å². The lowest BCUT2D eigenvalue weighted by Gasteiger charge is -2.22. The molecule has 0 saturated carbocycles. The van der Waals surface area contributed by atoms with E-state index in [2.05, 4.69) is 0 Å². The Hall–Kier alpha value is -1.59. The van der Waals surface area contributed by atoms with Crippen LogP contribution in [0.25, 0.3) is 0 Å². The topological polar surface area (TPSA) is 355 Å². The Morgan fingerprint density at radius 3 is 1.00 bits per heavy atom. The van der Waals surface area contributed by atoms with Crippen molar-refractivity contribution in [3.63, 3.8) is 0 Å². The molecular weight excluding hydrogens is 504 g/mol. The van der Waals surface area contributed by atoms with Crippen LogP contribution in [0.3, 0.4) is 0 Å². The number of hydrogen-bond acceptors (Lipinski definition) is 18. The van der Waals surface area contributed by atoms with Gasteiger partial charge in [-0.2, -0.15) is 0 Å². The van der Waals surface area contributed by atoms with Crippen LogP contribution in [0.15, 0.2) is 0 Å². The highest BCUT2D eigenvalue weighted by atomic mass is 16.4. The Morgan fingerprint density at radius 2 is 0.778 bits per heavy atom. The molecule has 0 aromatic carbocycles. The lowest BCUT2D eigenvalue weighted by molar-refractivity contribution is -0.142. The van der Waals surface area contributed by atoms with Gasteiger partial charge < -0.3 is 86.2 Å². The zero-order valence-corrected chi connectivity index (χ0v) is 18.8. The Kier molecular flexibility index (Phi) is 23.2. The summed E-state index contributed by atoms with van der Waals surface area (Å²) in [6, 6.07) is 0. The molecule has 0 rings (SSSR count). The Labute approximate surface area is 203 Å². The minimum atomic E-state index is -1.86. The predicted molar refractivity (Wildman–Crippen MR) is 112 cm³/mol. The van der Waals surface area contributed by atoms with Crippen molar-refractivity contribution in [2.45, 2.75) is 67.1 Å². The second-order valence-electron chi connectivity index (χ2n) is 7.03. The summed E-state index contributed by atoms with van der Waals surface area (Å²) in [7, 11) is 0. The third-order valence-electron chi connectivity index (χ3n) is 4.23. The molecule has 11 atom stereocenters. The van der Waals surface area contributed by atoms with E-state index < -0.39 is 99.4 Å². The van der Waals surface area contributed by atoms with Gasteiger partial charge in [-0.25, -0.2) is 0 Å². The van der Waals surface area contributed by atoms with Crippen molar-refractivity contribution in [3.8, 4) is 0 Å². The number of Topliss-reactive ketones (excluding diaryl/α,β-unsaturated/α-hetero) is 1. The van der Waals surface area contributed by atoms with Gasteiger partial charge in [0.1, 0.15) is 73.8 Å². The lowest BCUT2D eigenvalue weighted by atomic mass is 10.0. The van der Waals surface area contributed by atoms with Crippen LogP contribution in [0.2, 0.25) is 0 Å². The fourth-order valence-corrected chi connectivity index (χ4v) is 1.84. The minimum Gasteiger partial charge on any atom is -0.394 e. The molecule has 0 amide bonds. The number of ketones is 1. The molecule has 0 spiro atoms. The molecule has 0 bridgehead atoms. The maximum absolute atomic E-state index is 10.5. The van der Waals surface area contributed by atoms with E-state index >= 15 is 0 Å². The van der Waals surface area contributed by atoms with E-state index in [1.807, 2.05) is 0 Å². The van der Waals surface area contributed by atoms with E-state index in [9.17, 15) is 14.4 Å². The summed E-state index contributed by atoms with van der Waals surface area (Å²) < 4.78 is 0. The normalized spacial score (nSPS) is 20.2. The third kappa shape index (κ3) is 14.8. The average molecular weight is 540 g/mol. The number of rotatable bonds is 15. The van der Waals surface area contributed by atoms with Crippen LogP contribution in [0.5, 0.6) is 0 Å². The summed E-state index contributed by atoms with van der Waals surface area (Å²) in [5.74, 6) is -1.00. The smallest absolute Gasteiger partial charge is 0.189 e. The quantitative estimate of drug-likeness (QED) is 0.0856. The minimum absolute atomic E-state index is 0.0258. The highest BCUT2D eigenvalue weighted by molar-refractivity contribution is 5.84. The van der Waals surface area contributed by atoms with Gasteiger partial charge in [-0.15, -0.1) is 0 Å². The molecule has 216 valence electrons. The maximum atomic E-state index is 10.5. The lowest BCUT2D eigenvalue weighted by Crippen LogP contribution is -2.46. The van der Waals surface area contributed by atoms with E-state index in [4.69, 9.17) is 76.6 Å². The molecular formula is C18H36O18. The fraction of sp³-hybridized carbons (Fsp3) is 0.833. The molecule has 0 radical (unpaired) electrons. The first-order valence-electron chi connectivity index (χ1n) is 9.98. The van der Waals surface area contributed by atoms with E-state index in [0.29, 0.717) is 0 Å². The van der Waals surface area contributed by atoms with Gasteiger partial charge in [0.25, 0.3) is 0 Å². The summed E-state index contributed by atoms with van der Waals surface area (Å²) >= 11 is 0. The monoisotopic (exact) mass is 540 g/mol. The highest BCUT2D eigenvalue weighted by Crippen LogP contribution is 2.04. The van der Waals surface area contributed by atoms with Crippen molar-refractivity contribution >= 4 is 18.4 Å². The summed E-state index contributed by atoms with van der Waals surface area (Å²) in [4.78, 5) is 30.3. The first kappa shape index (κ1) is 38.9. The summed E-state index contributed by atoms with van der Waals surface area (Å²) in [5.41, 5.74) is 0. The first-order valence-corrected chi connectivity index (χ1v) is 9.98. The Morgan fingerprint density at radius 1 is 0.500 bits per heavy atom. The molecule has 18 heteroatoms. The van der Waals surface area contributed by atoms with Gasteiger partial charge in [-0.1, -0.05) is 0 Å². The van der Waals surface area contributed by atoms with Gasteiger partial charge in [0, 0.05) is 0 Å². The van der Waals surface area contributed by atoms with Crippen molar-refractivity contribution < 1.29 is 91.0 Å². The second kappa shape index (κ2) is 21.5. The van der Waals surface area contributed by atoms with Gasteiger partial charge >= 0.3 is 0 Å². The zero-order valence-electron chi connectivity index (χ0n) is 18.8. The molecule has 18 nitrogen and oxygen atoms in total.